The van der Waals surface area contributed by atoms with Crippen molar-refractivity contribution in [3.63, 3.8) is 0 Å². The normalized spacial score (nSPS) is 10.6. The van der Waals surface area contributed by atoms with Crippen LogP contribution in [0, 0.1) is 18.3 Å². The minimum absolute atomic E-state index is 0.0768. The second-order valence-electron chi connectivity index (χ2n) is 5.88. The van der Waals surface area contributed by atoms with Crippen LogP contribution in [0.3, 0.4) is 0 Å². The number of fused-ring (bicyclic) bond motifs is 1. The van der Waals surface area contributed by atoms with Gasteiger partial charge in [-0.05, 0) is 49.6 Å². The number of nitrogen functional groups attached to an aromatic ring is 1. The summed E-state index contributed by atoms with van der Waals surface area (Å²) in [5.41, 5.74) is 10.1. The number of nitrogens with two attached hydrogens (primary N) is 1. The third-order valence-electron chi connectivity index (χ3n) is 4.23. The summed E-state index contributed by atoms with van der Waals surface area (Å²) in [5.74, 6) is 0.940. The summed E-state index contributed by atoms with van der Waals surface area (Å²) in [6.45, 7) is 3.26. The maximum atomic E-state index is 12.0. The van der Waals surface area contributed by atoms with Crippen molar-refractivity contribution in [2.45, 2.75) is 20.3 Å². The van der Waals surface area contributed by atoms with Gasteiger partial charge in [-0.15, -0.1) is 0 Å². The van der Waals surface area contributed by atoms with Crippen molar-refractivity contribution in [2.75, 3.05) is 12.8 Å². The second kappa shape index (κ2) is 6.29. The molecule has 1 aromatic carbocycles. The Morgan fingerprint density at radius 2 is 2.04 bits per heavy atom. The summed E-state index contributed by atoms with van der Waals surface area (Å²) in [6, 6.07) is 11.6. The van der Waals surface area contributed by atoms with Crippen molar-refractivity contribution in [1.29, 1.82) is 5.26 Å². The van der Waals surface area contributed by atoms with Crippen LogP contribution in [0.2, 0.25) is 0 Å². The molecular formula is C19H18N4O2. The van der Waals surface area contributed by atoms with Gasteiger partial charge in [0.1, 0.15) is 17.6 Å². The van der Waals surface area contributed by atoms with Crippen molar-refractivity contribution in [1.82, 2.24) is 9.61 Å². The van der Waals surface area contributed by atoms with Gasteiger partial charge in [-0.3, -0.25) is 4.79 Å². The molecule has 126 valence electrons. The Hall–Kier alpha value is -3.33. The SMILES string of the molecule is COc1ccc(Cc2cc3c(C(C)=O)c(C)nn3c(N)c2C#N)cc1. The largest absolute Gasteiger partial charge is 0.497 e. The standard InChI is InChI=1S/C19H18N4O2/c1-11-18(12(2)24)17-9-14(16(10-20)19(21)23(17)22-11)8-13-4-6-15(25-3)7-5-13/h4-7,9H,8,21H2,1-3H3. The first-order valence-corrected chi connectivity index (χ1v) is 7.81. The van der Waals surface area contributed by atoms with Gasteiger partial charge in [-0.2, -0.15) is 10.4 Å². The first-order valence-electron chi connectivity index (χ1n) is 7.81. The molecule has 6 nitrogen and oxygen atoms in total. The highest BCUT2D eigenvalue weighted by Gasteiger charge is 2.19. The molecule has 0 atom stereocenters. The molecule has 0 saturated carbocycles. The Labute approximate surface area is 145 Å². The third kappa shape index (κ3) is 2.81. The predicted octanol–water partition coefficient (Wildman–Crippen LogP) is 2.90. The number of carbonyl (C=O) groups is 1. The van der Waals surface area contributed by atoms with Crippen LogP contribution in [-0.4, -0.2) is 22.5 Å². The van der Waals surface area contributed by atoms with Crippen molar-refractivity contribution in [3.05, 3.63) is 58.3 Å². The molecule has 0 spiro atoms. The number of nitriles is 1. The molecular weight excluding hydrogens is 316 g/mol. The number of aromatic nitrogens is 2. The van der Waals surface area contributed by atoms with Crippen LogP contribution in [0.1, 0.15) is 39.7 Å². The molecule has 25 heavy (non-hydrogen) atoms. The monoisotopic (exact) mass is 334 g/mol. The molecule has 2 aromatic heterocycles. The smallest absolute Gasteiger partial charge is 0.163 e. The molecule has 0 aliphatic rings. The average Bonchev–Trinajstić information content (AvgIpc) is 2.92. The molecule has 0 aliphatic carbocycles. The number of rotatable bonds is 4. The first-order chi connectivity index (χ1) is 12.0. The minimum atomic E-state index is -0.0768. The van der Waals surface area contributed by atoms with E-state index in [9.17, 15) is 10.1 Å². The quantitative estimate of drug-likeness (QED) is 0.740. The zero-order chi connectivity index (χ0) is 18.1. The number of pyridine rings is 1. The molecule has 3 aromatic rings. The van der Waals surface area contributed by atoms with Crippen LogP contribution >= 0.6 is 0 Å². The van der Waals surface area contributed by atoms with Crippen molar-refractivity contribution in [3.8, 4) is 11.8 Å². The van der Waals surface area contributed by atoms with Crippen LogP contribution in [0.5, 0.6) is 5.75 Å². The summed E-state index contributed by atoms with van der Waals surface area (Å²) in [6.07, 6.45) is 0.523. The van der Waals surface area contributed by atoms with Crippen LogP contribution in [-0.2, 0) is 6.42 Å². The van der Waals surface area contributed by atoms with Crippen molar-refractivity contribution < 1.29 is 9.53 Å². The Morgan fingerprint density at radius 1 is 1.36 bits per heavy atom. The van der Waals surface area contributed by atoms with Gasteiger partial charge in [0, 0.05) is 0 Å². The maximum absolute atomic E-state index is 12.0. The van der Waals surface area contributed by atoms with E-state index in [2.05, 4.69) is 11.2 Å². The molecule has 3 rings (SSSR count). The van der Waals surface area contributed by atoms with E-state index in [1.165, 1.54) is 11.4 Å². The summed E-state index contributed by atoms with van der Waals surface area (Å²) in [7, 11) is 1.61. The number of hydrogen-bond donors (Lipinski definition) is 1. The number of methoxy groups -OCH3 is 1. The zero-order valence-electron chi connectivity index (χ0n) is 14.3. The molecule has 0 aliphatic heterocycles. The summed E-state index contributed by atoms with van der Waals surface area (Å²) in [5, 5.41) is 13.9. The van der Waals surface area contributed by atoms with E-state index in [-0.39, 0.29) is 11.6 Å². The van der Waals surface area contributed by atoms with E-state index in [0.717, 1.165) is 16.9 Å². The van der Waals surface area contributed by atoms with Gasteiger partial charge in [0.25, 0.3) is 0 Å². The van der Waals surface area contributed by atoms with Gasteiger partial charge in [-0.25, -0.2) is 4.52 Å². The van der Waals surface area contributed by atoms with Crippen LogP contribution in [0.25, 0.3) is 5.52 Å². The molecule has 0 radical (unpaired) electrons. The molecule has 2 heterocycles. The van der Waals surface area contributed by atoms with Crippen LogP contribution in [0.15, 0.2) is 30.3 Å². The fraction of sp³-hybridized carbons (Fsp3) is 0.211. The highest BCUT2D eigenvalue weighted by atomic mass is 16.5. The lowest BCUT2D eigenvalue weighted by atomic mass is 9.99. The number of carbonyl (C=O) groups excluding carboxylic acids is 1. The summed E-state index contributed by atoms with van der Waals surface area (Å²) < 4.78 is 6.64. The lowest BCUT2D eigenvalue weighted by molar-refractivity contribution is 0.101. The summed E-state index contributed by atoms with van der Waals surface area (Å²) >= 11 is 0. The van der Waals surface area contributed by atoms with E-state index in [1.807, 2.05) is 30.3 Å². The Bertz CT molecular complexity index is 1010. The number of aryl methyl sites for hydroxylation is 1. The van der Waals surface area contributed by atoms with Gasteiger partial charge in [0.15, 0.2) is 5.78 Å². The van der Waals surface area contributed by atoms with E-state index >= 15 is 0 Å². The summed E-state index contributed by atoms with van der Waals surface area (Å²) in [4.78, 5) is 12.0. The van der Waals surface area contributed by atoms with Crippen LogP contribution in [0.4, 0.5) is 5.82 Å². The average molecular weight is 334 g/mol. The second-order valence-corrected chi connectivity index (χ2v) is 5.88. The number of hydrogen-bond acceptors (Lipinski definition) is 5. The predicted molar refractivity (Wildman–Crippen MR) is 94.9 cm³/mol. The minimum Gasteiger partial charge on any atom is -0.497 e. The van der Waals surface area contributed by atoms with Crippen LogP contribution < -0.4 is 10.5 Å². The Balaban J connectivity index is 2.17. The van der Waals surface area contributed by atoms with Crippen molar-refractivity contribution in [2.24, 2.45) is 0 Å². The third-order valence-corrected chi connectivity index (χ3v) is 4.23. The van der Waals surface area contributed by atoms with E-state index in [1.54, 1.807) is 14.0 Å². The fourth-order valence-corrected chi connectivity index (χ4v) is 3.04. The number of benzene rings is 1. The van der Waals surface area contributed by atoms with Gasteiger partial charge < -0.3 is 10.5 Å². The van der Waals surface area contributed by atoms with Gasteiger partial charge in [0.05, 0.1) is 29.4 Å². The number of ether oxygens (including phenoxy) is 1. The molecule has 0 bridgehead atoms. The van der Waals surface area contributed by atoms with E-state index in [0.29, 0.717) is 28.8 Å². The highest BCUT2D eigenvalue weighted by Crippen LogP contribution is 2.27. The Kier molecular flexibility index (Phi) is 4.15. The number of Topliss-reactive ketones (excluding diaryl/α,β-unsaturated/α-hetero) is 1. The van der Waals surface area contributed by atoms with Gasteiger partial charge in [-0.1, -0.05) is 12.1 Å². The number of ketones is 1. The lowest BCUT2D eigenvalue weighted by Gasteiger charge is -2.10. The van der Waals surface area contributed by atoms with Gasteiger partial charge in [0.2, 0.25) is 0 Å². The van der Waals surface area contributed by atoms with Gasteiger partial charge >= 0.3 is 0 Å². The Morgan fingerprint density at radius 3 is 2.60 bits per heavy atom. The zero-order valence-corrected chi connectivity index (χ0v) is 14.3. The molecule has 0 unspecified atom stereocenters. The van der Waals surface area contributed by atoms with Crippen molar-refractivity contribution >= 4 is 17.1 Å². The molecule has 2 N–H and O–H groups in total. The van der Waals surface area contributed by atoms with E-state index in [4.69, 9.17) is 10.5 Å². The molecule has 6 heteroatoms. The fourth-order valence-electron chi connectivity index (χ4n) is 3.04. The molecule has 0 fully saturated rings. The topological polar surface area (TPSA) is 93.4 Å². The maximum Gasteiger partial charge on any atom is 0.163 e. The number of nitrogens with zero attached hydrogens (tertiary/aromatic N) is 3. The van der Waals surface area contributed by atoms with E-state index < -0.39 is 0 Å². The lowest BCUT2D eigenvalue weighted by Crippen LogP contribution is -2.06. The first kappa shape index (κ1) is 16.5. The number of anilines is 1. The molecule has 0 saturated heterocycles. The molecule has 0 amide bonds. The highest BCUT2D eigenvalue weighted by molar-refractivity contribution is 6.02.